The molecule has 6 heteroatoms. The van der Waals surface area contributed by atoms with Crippen molar-refractivity contribution in [1.82, 2.24) is 0 Å². The van der Waals surface area contributed by atoms with E-state index in [1.807, 2.05) is 0 Å². The molecule has 6 nitrogen and oxygen atoms in total. The molecule has 0 amide bonds. The van der Waals surface area contributed by atoms with Crippen molar-refractivity contribution in [3.8, 4) is 0 Å². The number of unbranched alkanes of at least 4 members (excludes halogenated alkanes) is 29. The summed E-state index contributed by atoms with van der Waals surface area (Å²) in [5.74, 6) is -0.884. The second-order valence-electron chi connectivity index (χ2n) is 16.4. The molecule has 0 bridgehead atoms. The molecular formula is C50H92O6. The summed E-state index contributed by atoms with van der Waals surface area (Å²) in [5, 5.41) is 0. The summed E-state index contributed by atoms with van der Waals surface area (Å²) in [5.41, 5.74) is 0. The van der Waals surface area contributed by atoms with Gasteiger partial charge in [0.2, 0.25) is 0 Å². The normalized spacial score (nSPS) is 12.1. The van der Waals surface area contributed by atoms with E-state index in [0.29, 0.717) is 19.3 Å². The molecule has 0 aliphatic rings. The standard InChI is InChI=1S/C50H92O6/c1-4-7-10-13-16-19-22-24-26-28-31-34-37-40-43-49(52)55-46-47(45-54-48(51)42-39-36-33-30-27-21-18-15-12-9-6-3)56-50(53)44-41-38-35-32-29-25-23-20-17-14-11-8-5-2/h15,18,22,24,47H,4-14,16-17,19-21,23,25-46H2,1-3H3/b18-15-,24-22-. The highest BCUT2D eigenvalue weighted by molar-refractivity contribution is 5.71. The number of esters is 3. The van der Waals surface area contributed by atoms with Gasteiger partial charge in [-0.3, -0.25) is 14.4 Å². The highest BCUT2D eigenvalue weighted by Gasteiger charge is 2.19. The first-order chi connectivity index (χ1) is 27.5. The Morgan fingerprint density at radius 1 is 0.339 bits per heavy atom. The average molecular weight is 789 g/mol. The van der Waals surface area contributed by atoms with Gasteiger partial charge in [-0.25, -0.2) is 0 Å². The third-order valence-electron chi connectivity index (χ3n) is 10.7. The van der Waals surface area contributed by atoms with Crippen LogP contribution in [-0.2, 0) is 28.6 Å². The number of carbonyl (C=O) groups excluding carboxylic acids is 3. The van der Waals surface area contributed by atoms with Gasteiger partial charge in [-0.1, -0.05) is 199 Å². The zero-order chi connectivity index (χ0) is 40.8. The Hall–Kier alpha value is -2.11. The number of carbonyl (C=O) groups is 3. The molecule has 0 saturated heterocycles. The molecular weight excluding hydrogens is 697 g/mol. The van der Waals surface area contributed by atoms with Gasteiger partial charge in [0.25, 0.3) is 0 Å². The molecule has 1 unspecified atom stereocenters. The summed E-state index contributed by atoms with van der Waals surface area (Å²) in [7, 11) is 0. The van der Waals surface area contributed by atoms with E-state index >= 15 is 0 Å². The van der Waals surface area contributed by atoms with E-state index in [4.69, 9.17) is 14.2 Å². The molecule has 0 rings (SSSR count). The van der Waals surface area contributed by atoms with Gasteiger partial charge >= 0.3 is 17.9 Å². The molecule has 1 atom stereocenters. The van der Waals surface area contributed by atoms with E-state index < -0.39 is 6.10 Å². The Morgan fingerprint density at radius 2 is 0.607 bits per heavy atom. The van der Waals surface area contributed by atoms with Crippen LogP contribution in [0.4, 0.5) is 0 Å². The molecule has 0 N–H and O–H groups in total. The summed E-state index contributed by atoms with van der Waals surface area (Å²) in [6.07, 6.45) is 50.1. The third kappa shape index (κ3) is 43.0. The topological polar surface area (TPSA) is 78.9 Å². The predicted octanol–water partition coefficient (Wildman–Crippen LogP) is 15.6. The highest BCUT2D eigenvalue weighted by atomic mass is 16.6. The van der Waals surface area contributed by atoms with E-state index in [1.165, 1.54) is 148 Å². The van der Waals surface area contributed by atoms with Gasteiger partial charge in [-0.05, 0) is 64.2 Å². The van der Waals surface area contributed by atoms with Crippen LogP contribution in [0.3, 0.4) is 0 Å². The Labute approximate surface area is 347 Å². The molecule has 56 heavy (non-hydrogen) atoms. The van der Waals surface area contributed by atoms with Gasteiger partial charge in [0.1, 0.15) is 13.2 Å². The number of allylic oxidation sites excluding steroid dienone is 4. The SMILES string of the molecule is CCCC/C=C\CCCCCCCC(=O)OCC(COC(=O)CCCCCCC/C=C\CCCCCCC)OC(=O)CCCCCCCCCCCCCCC. The Balaban J connectivity index is 4.36. The maximum Gasteiger partial charge on any atom is 0.306 e. The molecule has 0 spiro atoms. The zero-order valence-electron chi connectivity index (χ0n) is 37.4. The van der Waals surface area contributed by atoms with Crippen molar-refractivity contribution in [2.75, 3.05) is 13.2 Å². The van der Waals surface area contributed by atoms with Gasteiger partial charge in [0.05, 0.1) is 0 Å². The van der Waals surface area contributed by atoms with Crippen LogP contribution in [0.25, 0.3) is 0 Å². The second kappa shape index (κ2) is 45.6. The molecule has 0 aromatic heterocycles. The van der Waals surface area contributed by atoms with Crippen LogP contribution in [0, 0.1) is 0 Å². The number of hydrogen-bond acceptors (Lipinski definition) is 6. The number of hydrogen-bond donors (Lipinski definition) is 0. The van der Waals surface area contributed by atoms with Crippen LogP contribution < -0.4 is 0 Å². The lowest BCUT2D eigenvalue weighted by Gasteiger charge is -2.18. The molecule has 0 radical (unpaired) electrons. The van der Waals surface area contributed by atoms with Crippen molar-refractivity contribution in [1.29, 1.82) is 0 Å². The molecule has 0 aliphatic carbocycles. The molecule has 0 aromatic carbocycles. The summed E-state index contributed by atoms with van der Waals surface area (Å²) >= 11 is 0. The summed E-state index contributed by atoms with van der Waals surface area (Å²) in [4.78, 5) is 37.8. The van der Waals surface area contributed by atoms with Gasteiger partial charge in [0.15, 0.2) is 6.10 Å². The van der Waals surface area contributed by atoms with E-state index in [9.17, 15) is 14.4 Å². The number of rotatable bonds is 44. The van der Waals surface area contributed by atoms with Crippen molar-refractivity contribution in [3.05, 3.63) is 24.3 Å². The lowest BCUT2D eigenvalue weighted by Crippen LogP contribution is -2.30. The minimum Gasteiger partial charge on any atom is -0.462 e. The highest BCUT2D eigenvalue weighted by Crippen LogP contribution is 2.15. The largest absolute Gasteiger partial charge is 0.462 e. The maximum atomic E-state index is 12.7. The Bertz CT molecular complexity index is 911. The van der Waals surface area contributed by atoms with Crippen LogP contribution in [-0.4, -0.2) is 37.2 Å². The predicted molar refractivity (Wildman–Crippen MR) is 238 cm³/mol. The molecule has 0 aliphatic heterocycles. The van der Waals surface area contributed by atoms with E-state index in [1.54, 1.807) is 0 Å². The average Bonchev–Trinajstić information content (AvgIpc) is 3.19. The molecule has 0 heterocycles. The van der Waals surface area contributed by atoms with Crippen LogP contribution in [0.15, 0.2) is 24.3 Å². The van der Waals surface area contributed by atoms with E-state index in [-0.39, 0.29) is 31.1 Å². The van der Waals surface area contributed by atoms with Crippen molar-refractivity contribution in [2.24, 2.45) is 0 Å². The zero-order valence-corrected chi connectivity index (χ0v) is 37.4. The maximum absolute atomic E-state index is 12.7. The Morgan fingerprint density at radius 3 is 0.946 bits per heavy atom. The lowest BCUT2D eigenvalue weighted by atomic mass is 10.0. The van der Waals surface area contributed by atoms with Gasteiger partial charge in [-0.2, -0.15) is 0 Å². The lowest BCUT2D eigenvalue weighted by molar-refractivity contribution is -0.167. The Kier molecular flexibility index (Phi) is 43.9. The fraction of sp³-hybridized carbons (Fsp3) is 0.860. The molecule has 0 saturated carbocycles. The van der Waals surface area contributed by atoms with Crippen molar-refractivity contribution in [3.63, 3.8) is 0 Å². The smallest absolute Gasteiger partial charge is 0.306 e. The van der Waals surface area contributed by atoms with Crippen molar-refractivity contribution in [2.45, 2.75) is 264 Å². The van der Waals surface area contributed by atoms with Gasteiger partial charge in [-0.15, -0.1) is 0 Å². The third-order valence-corrected chi connectivity index (χ3v) is 10.7. The fourth-order valence-electron chi connectivity index (χ4n) is 6.95. The first kappa shape index (κ1) is 53.9. The van der Waals surface area contributed by atoms with Crippen molar-refractivity contribution < 1.29 is 28.6 Å². The minimum atomic E-state index is -0.771. The van der Waals surface area contributed by atoms with E-state index in [2.05, 4.69) is 45.1 Å². The molecule has 328 valence electrons. The molecule has 0 aromatic rings. The minimum absolute atomic E-state index is 0.0751. The van der Waals surface area contributed by atoms with E-state index in [0.717, 1.165) is 70.6 Å². The first-order valence-corrected chi connectivity index (χ1v) is 24.3. The fourth-order valence-corrected chi connectivity index (χ4v) is 6.95. The van der Waals surface area contributed by atoms with Gasteiger partial charge in [0, 0.05) is 19.3 Å². The second-order valence-corrected chi connectivity index (χ2v) is 16.4. The van der Waals surface area contributed by atoms with Crippen LogP contribution in [0.1, 0.15) is 258 Å². The monoisotopic (exact) mass is 789 g/mol. The first-order valence-electron chi connectivity index (χ1n) is 24.3. The van der Waals surface area contributed by atoms with Crippen molar-refractivity contribution >= 4 is 17.9 Å². The van der Waals surface area contributed by atoms with Gasteiger partial charge < -0.3 is 14.2 Å². The van der Waals surface area contributed by atoms with Crippen LogP contribution in [0.5, 0.6) is 0 Å². The quantitative estimate of drug-likeness (QED) is 0.0265. The summed E-state index contributed by atoms with van der Waals surface area (Å²) in [6, 6.07) is 0. The molecule has 0 fully saturated rings. The summed E-state index contributed by atoms with van der Waals surface area (Å²) < 4.78 is 16.7. The number of ether oxygens (including phenoxy) is 3. The van der Waals surface area contributed by atoms with Crippen LogP contribution in [0.2, 0.25) is 0 Å². The van der Waals surface area contributed by atoms with Crippen LogP contribution >= 0.6 is 0 Å². The summed E-state index contributed by atoms with van der Waals surface area (Å²) in [6.45, 7) is 6.59.